The van der Waals surface area contributed by atoms with Crippen molar-refractivity contribution < 1.29 is 39.2 Å². The van der Waals surface area contributed by atoms with Crippen LogP contribution in [0.25, 0.3) is 0 Å². The fourth-order valence-corrected chi connectivity index (χ4v) is 4.56. The third-order valence-electron chi connectivity index (χ3n) is 6.40. The fraction of sp³-hybridized carbons (Fsp3) is 0.800. The summed E-state index contributed by atoms with van der Waals surface area (Å²) in [6.07, 6.45) is -6.34. The Labute approximate surface area is 207 Å². The Morgan fingerprint density at radius 1 is 1.39 bits per heavy atom. The van der Waals surface area contributed by atoms with Gasteiger partial charge < -0.3 is 62.8 Å². The van der Waals surface area contributed by atoms with E-state index in [4.69, 9.17) is 26.7 Å². The maximum atomic E-state index is 12.7. The highest BCUT2D eigenvalue weighted by Gasteiger charge is 2.50. The Hall–Kier alpha value is -2.76. The highest BCUT2D eigenvalue weighted by Crippen LogP contribution is 2.24. The molecule has 16 nitrogen and oxygen atoms in total. The van der Waals surface area contributed by atoms with Crippen molar-refractivity contribution in [2.75, 3.05) is 26.7 Å². The van der Waals surface area contributed by atoms with E-state index in [1.807, 2.05) is 0 Å². The summed E-state index contributed by atoms with van der Waals surface area (Å²) in [6, 6.07) is -3.25. The lowest BCUT2D eigenvalue weighted by Gasteiger charge is -2.44. The monoisotopic (exact) mass is 516 g/mol. The number of likely N-dealkylation sites (tertiary alicyclic amines) is 1. The van der Waals surface area contributed by atoms with Crippen LogP contribution in [0, 0.1) is 0 Å². The lowest BCUT2D eigenvalue weighted by atomic mass is 9.95. The first-order valence-corrected chi connectivity index (χ1v) is 11.7. The van der Waals surface area contributed by atoms with Crippen molar-refractivity contribution in [2.24, 2.45) is 22.2 Å². The van der Waals surface area contributed by atoms with Crippen LogP contribution in [-0.2, 0) is 19.1 Å². The zero-order valence-electron chi connectivity index (χ0n) is 19.9. The topological polar surface area (TPSA) is 260 Å². The summed E-state index contributed by atoms with van der Waals surface area (Å²) < 4.78 is 10.7. The number of β-amino-alcohol motifs (C(OH)–C–C–N with tert-alkyl or cyclic N) is 1. The molecule has 3 amide bonds. The summed E-state index contributed by atoms with van der Waals surface area (Å²) in [4.78, 5) is 42.2. The maximum Gasteiger partial charge on any atom is 0.404 e. The first-order valence-electron chi connectivity index (χ1n) is 11.7. The number of carbonyl (C=O) groups is 3. The molecule has 0 radical (unpaired) electrons. The number of amides is 3. The molecule has 0 aromatic rings. The van der Waals surface area contributed by atoms with E-state index in [0.717, 1.165) is 0 Å². The number of rotatable bonds is 9. The van der Waals surface area contributed by atoms with Crippen LogP contribution in [0.3, 0.4) is 0 Å². The van der Waals surface area contributed by atoms with E-state index in [1.165, 1.54) is 4.90 Å². The van der Waals surface area contributed by atoms with Gasteiger partial charge >= 0.3 is 6.09 Å². The molecule has 0 aromatic carbocycles. The second kappa shape index (κ2) is 12.0. The molecule has 0 saturated carbocycles. The smallest absolute Gasteiger partial charge is 0.404 e. The summed E-state index contributed by atoms with van der Waals surface area (Å²) >= 11 is 0. The van der Waals surface area contributed by atoms with E-state index < -0.39 is 73.4 Å². The van der Waals surface area contributed by atoms with Gasteiger partial charge in [0.1, 0.15) is 18.2 Å². The van der Waals surface area contributed by atoms with E-state index in [9.17, 15) is 29.7 Å². The van der Waals surface area contributed by atoms with E-state index in [-0.39, 0.29) is 24.8 Å². The maximum absolute atomic E-state index is 12.7. The normalized spacial score (nSPS) is 34.8. The Kier molecular flexibility index (Phi) is 9.26. The highest BCUT2D eigenvalue weighted by molar-refractivity contribution is 5.92. The number of fused-ring (bicyclic) bond motifs is 1. The molecule has 0 unspecified atom stereocenters. The van der Waals surface area contributed by atoms with Crippen molar-refractivity contribution in [3.63, 3.8) is 0 Å². The molecule has 36 heavy (non-hydrogen) atoms. The Bertz CT molecular complexity index is 847. The number of piperidine rings is 1. The number of hydrogen-bond donors (Lipinski definition) is 9. The van der Waals surface area contributed by atoms with Crippen LogP contribution in [-0.4, -0.2) is 126 Å². The molecule has 0 bridgehead atoms. The second-order valence-corrected chi connectivity index (χ2v) is 9.18. The van der Waals surface area contributed by atoms with Gasteiger partial charge in [0.15, 0.2) is 24.3 Å². The quantitative estimate of drug-likeness (QED) is 0.139. The van der Waals surface area contributed by atoms with Crippen LogP contribution in [0.15, 0.2) is 4.99 Å². The molecule has 0 aliphatic carbocycles. The first kappa shape index (κ1) is 27.8. The van der Waals surface area contributed by atoms with Crippen LogP contribution in [0.2, 0.25) is 0 Å². The van der Waals surface area contributed by atoms with Crippen molar-refractivity contribution in [3.8, 4) is 0 Å². The summed E-state index contributed by atoms with van der Waals surface area (Å²) in [7, 11) is 1.55. The molecule has 204 valence electrons. The molecule has 12 N–H and O–H groups in total. The number of nitrogens with zero attached hydrogens (tertiary/aromatic N) is 2. The molecule has 16 heteroatoms. The van der Waals surface area contributed by atoms with Gasteiger partial charge in [0.05, 0.1) is 18.8 Å². The van der Waals surface area contributed by atoms with Gasteiger partial charge in [-0.2, -0.15) is 0 Å². The molecule has 9 atom stereocenters. The average molecular weight is 517 g/mol. The number of aliphatic hydroxyl groups excluding tert-OH is 3. The largest absolute Gasteiger partial charge is 0.441 e. The Morgan fingerprint density at radius 2 is 2.11 bits per heavy atom. The highest BCUT2D eigenvalue weighted by atomic mass is 16.6. The van der Waals surface area contributed by atoms with Gasteiger partial charge in [-0.1, -0.05) is 0 Å². The summed E-state index contributed by atoms with van der Waals surface area (Å²) in [5, 5.41) is 39.5. The van der Waals surface area contributed by atoms with Gasteiger partial charge in [0.2, 0.25) is 11.8 Å². The van der Waals surface area contributed by atoms with Crippen molar-refractivity contribution in [3.05, 3.63) is 0 Å². The molecule has 3 aliphatic rings. The Balaban J connectivity index is 1.78. The minimum absolute atomic E-state index is 0.0723. The second-order valence-electron chi connectivity index (χ2n) is 9.18. The zero-order chi connectivity index (χ0) is 26.6. The van der Waals surface area contributed by atoms with Gasteiger partial charge in [-0.15, -0.1) is 0 Å². The summed E-state index contributed by atoms with van der Waals surface area (Å²) in [5.41, 5.74) is 16.6. The minimum atomic E-state index is -1.55. The summed E-state index contributed by atoms with van der Waals surface area (Å²) in [6.45, 7) is -0.101. The van der Waals surface area contributed by atoms with Crippen LogP contribution < -0.4 is 33.2 Å². The van der Waals surface area contributed by atoms with Crippen molar-refractivity contribution in [1.82, 2.24) is 20.9 Å². The number of primary amides is 1. The third-order valence-corrected chi connectivity index (χ3v) is 6.40. The molecular weight excluding hydrogens is 480 g/mol. The van der Waals surface area contributed by atoms with E-state index in [0.29, 0.717) is 19.4 Å². The van der Waals surface area contributed by atoms with Gasteiger partial charge in [0, 0.05) is 26.1 Å². The Morgan fingerprint density at radius 3 is 2.75 bits per heavy atom. The molecule has 2 saturated heterocycles. The van der Waals surface area contributed by atoms with Crippen molar-refractivity contribution >= 4 is 23.9 Å². The van der Waals surface area contributed by atoms with Gasteiger partial charge in [-0.05, 0) is 19.4 Å². The molecular formula is C20H36N8O8. The van der Waals surface area contributed by atoms with E-state index in [2.05, 4.69) is 20.9 Å². The number of aliphatic hydroxyl groups is 3. The van der Waals surface area contributed by atoms with Gasteiger partial charge in [-0.3, -0.25) is 9.59 Å². The van der Waals surface area contributed by atoms with Gasteiger partial charge in [-0.25, -0.2) is 9.79 Å². The molecule has 0 spiro atoms. The van der Waals surface area contributed by atoms with Crippen LogP contribution in [0.1, 0.15) is 19.3 Å². The number of likely N-dealkylation sites (N-methyl/N-ethyl adjacent to an activating group) is 1. The SMILES string of the molecule is CN1C[C@@H](O)[C@H]2NC(N[C@@H]3O[C@H](CO)[C@H](OC(N)=O)[C@@H](O)[C@H]3NC(=O)C[C@@H](N)CCCN)=N[C@@H]2C1=O. The predicted octanol–water partition coefficient (Wildman–Crippen LogP) is -5.41. The number of carbonyl (C=O) groups excluding carboxylic acids is 3. The third kappa shape index (κ3) is 6.32. The van der Waals surface area contributed by atoms with Crippen LogP contribution in [0.4, 0.5) is 4.79 Å². The lowest BCUT2D eigenvalue weighted by molar-refractivity contribution is -0.198. The number of nitrogens with two attached hydrogens (primary N) is 3. The number of aliphatic imine (C=N–C) groups is 1. The van der Waals surface area contributed by atoms with Crippen molar-refractivity contribution in [2.45, 2.75) is 74.1 Å². The van der Waals surface area contributed by atoms with Gasteiger partial charge in [0.25, 0.3) is 0 Å². The lowest BCUT2D eigenvalue weighted by Crippen LogP contribution is -2.70. The standard InChI is InChI=1S/C20H36N8O8/c1-28-6-9(30)12-13(18(28)33)26-20(25-12)27-17-14(24-11(31)5-8(22)3-2-4-21)15(32)16(36-19(23)34)10(7-29)35-17/h8-10,12-17,29-30,32H,2-7,21-22H2,1H3,(H2,23,34)(H,24,31)(H2,25,26,27)/t8-,9+,10+,12+,13-,14+,15-,16-,17+/m0/s1. The number of ether oxygens (including phenoxy) is 2. The molecule has 2 fully saturated rings. The zero-order valence-corrected chi connectivity index (χ0v) is 19.9. The van der Waals surface area contributed by atoms with Crippen LogP contribution in [0.5, 0.6) is 0 Å². The number of guanidine groups is 1. The molecule has 0 aromatic heterocycles. The predicted molar refractivity (Wildman–Crippen MR) is 124 cm³/mol. The molecule has 3 aliphatic heterocycles. The van der Waals surface area contributed by atoms with Crippen LogP contribution >= 0.6 is 0 Å². The minimum Gasteiger partial charge on any atom is -0.441 e. The average Bonchev–Trinajstić information content (AvgIpc) is 3.24. The number of hydrogen-bond acceptors (Lipinski definition) is 13. The molecule has 3 heterocycles. The van der Waals surface area contributed by atoms with Crippen molar-refractivity contribution in [1.29, 1.82) is 0 Å². The molecule has 3 rings (SSSR count). The first-order chi connectivity index (χ1) is 17.0. The van der Waals surface area contributed by atoms with E-state index >= 15 is 0 Å². The fourth-order valence-electron chi connectivity index (χ4n) is 4.56. The summed E-state index contributed by atoms with van der Waals surface area (Å²) in [5.74, 6) is -0.727. The number of nitrogens with one attached hydrogen (secondary N) is 3. The van der Waals surface area contributed by atoms with E-state index in [1.54, 1.807) is 7.05 Å².